The summed E-state index contributed by atoms with van der Waals surface area (Å²) >= 11 is 3.40. The first kappa shape index (κ1) is 17.1. The van der Waals surface area contributed by atoms with Crippen molar-refractivity contribution in [3.8, 4) is 0 Å². The molecule has 0 amide bonds. The SMILES string of the molecule is COC(=O)c1csc(CN(CCN(C)C)Cc2cccs2)c1. The van der Waals surface area contributed by atoms with Gasteiger partial charge in [-0.3, -0.25) is 4.90 Å². The van der Waals surface area contributed by atoms with Gasteiger partial charge in [-0.2, -0.15) is 0 Å². The molecule has 0 aromatic carbocycles. The molecule has 2 heterocycles. The largest absolute Gasteiger partial charge is 0.465 e. The number of hydrogen-bond donors (Lipinski definition) is 0. The molecule has 0 unspecified atom stereocenters. The maximum absolute atomic E-state index is 11.5. The first-order valence-corrected chi connectivity index (χ1v) is 8.89. The van der Waals surface area contributed by atoms with Crippen molar-refractivity contribution in [1.82, 2.24) is 9.80 Å². The van der Waals surface area contributed by atoms with Crippen molar-refractivity contribution in [2.75, 3.05) is 34.3 Å². The van der Waals surface area contributed by atoms with Crippen molar-refractivity contribution in [3.05, 3.63) is 44.3 Å². The molecular weight excluding hydrogens is 316 g/mol. The number of methoxy groups -OCH3 is 1. The van der Waals surface area contributed by atoms with E-state index in [0.29, 0.717) is 5.56 Å². The topological polar surface area (TPSA) is 32.8 Å². The van der Waals surface area contributed by atoms with E-state index in [1.807, 2.05) is 11.4 Å². The van der Waals surface area contributed by atoms with Gasteiger partial charge in [-0.1, -0.05) is 6.07 Å². The zero-order chi connectivity index (χ0) is 15.9. The molecule has 0 saturated heterocycles. The molecule has 2 rings (SSSR count). The van der Waals surface area contributed by atoms with Crippen LogP contribution in [-0.2, 0) is 17.8 Å². The van der Waals surface area contributed by atoms with Crippen molar-refractivity contribution >= 4 is 28.6 Å². The number of esters is 1. The Bertz CT molecular complexity index is 579. The van der Waals surface area contributed by atoms with Gasteiger partial charge in [0, 0.05) is 41.3 Å². The quantitative estimate of drug-likeness (QED) is 0.692. The summed E-state index contributed by atoms with van der Waals surface area (Å²) in [5, 5.41) is 3.98. The molecule has 4 nitrogen and oxygen atoms in total. The molecule has 0 aliphatic heterocycles. The molecule has 6 heteroatoms. The van der Waals surface area contributed by atoms with Crippen molar-refractivity contribution in [2.45, 2.75) is 13.1 Å². The van der Waals surface area contributed by atoms with Crippen molar-refractivity contribution in [1.29, 1.82) is 0 Å². The van der Waals surface area contributed by atoms with Crippen molar-refractivity contribution in [3.63, 3.8) is 0 Å². The van der Waals surface area contributed by atoms with Gasteiger partial charge in [0.15, 0.2) is 0 Å². The average molecular weight is 338 g/mol. The van der Waals surface area contributed by atoms with Crippen LogP contribution in [0.2, 0.25) is 0 Å². The Morgan fingerprint density at radius 1 is 1.18 bits per heavy atom. The van der Waals surface area contributed by atoms with Gasteiger partial charge in [0.2, 0.25) is 0 Å². The number of thiophene rings is 2. The molecule has 0 bridgehead atoms. The number of likely N-dealkylation sites (N-methyl/N-ethyl adjacent to an activating group) is 1. The minimum atomic E-state index is -0.263. The monoisotopic (exact) mass is 338 g/mol. The van der Waals surface area contributed by atoms with Gasteiger partial charge in [-0.15, -0.1) is 22.7 Å². The lowest BCUT2D eigenvalue weighted by molar-refractivity contribution is 0.0601. The summed E-state index contributed by atoms with van der Waals surface area (Å²) in [6.45, 7) is 3.81. The predicted molar refractivity (Wildman–Crippen MR) is 92.6 cm³/mol. The molecule has 0 saturated carbocycles. The van der Waals surface area contributed by atoms with Crippen LogP contribution in [-0.4, -0.2) is 50.1 Å². The highest BCUT2D eigenvalue weighted by Crippen LogP contribution is 2.20. The number of ether oxygens (including phenoxy) is 1. The number of rotatable bonds is 8. The van der Waals surface area contributed by atoms with E-state index in [1.54, 1.807) is 22.7 Å². The van der Waals surface area contributed by atoms with Gasteiger partial charge in [0.1, 0.15) is 0 Å². The molecule has 2 aromatic rings. The minimum absolute atomic E-state index is 0.263. The smallest absolute Gasteiger partial charge is 0.338 e. The summed E-state index contributed by atoms with van der Waals surface area (Å²) in [4.78, 5) is 18.7. The van der Waals surface area contributed by atoms with Crippen LogP contribution < -0.4 is 0 Å². The third kappa shape index (κ3) is 5.21. The van der Waals surface area contributed by atoms with E-state index in [0.717, 1.165) is 26.2 Å². The number of carbonyl (C=O) groups is 1. The Morgan fingerprint density at radius 3 is 2.59 bits per heavy atom. The number of carbonyl (C=O) groups excluding carboxylic acids is 1. The fraction of sp³-hybridized carbons (Fsp3) is 0.438. The third-order valence-corrected chi connectivity index (χ3v) is 5.06. The first-order chi connectivity index (χ1) is 10.6. The summed E-state index contributed by atoms with van der Waals surface area (Å²) in [6.07, 6.45) is 0. The Morgan fingerprint density at radius 2 is 1.95 bits per heavy atom. The van der Waals surface area contributed by atoms with Crippen LogP contribution >= 0.6 is 22.7 Å². The molecule has 120 valence electrons. The number of nitrogens with zero attached hydrogens (tertiary/aromatic N) is 2. The maximum atomic E-state index is 11.5. The van der Waals surface area contributed by atoms with E-state index in [9.17, 15) is 4.79 Å². The van der Waals surface area contributed by atoms with Gasteiger partial charge in [0.25, 0.3) is 0 Å². The van der Waals surface area contributed by atoms with Gasteiger partial charge < -0.3 is 9.64 Å². The van der Waals surface area contributed by atoms with Crippen molar-refractivity contribution < 1.29 is 9.53 Å². The van der Waals surface area contributed by atoms with E-state index in [4.69, 9.17) is 4.74 Å². The van der Waals surface area contributed by atoms with Crippen LogP contribution in [0.1, 0.15) is 20.1 Å². The molecular formula is C16H22N2O2S2. The summed E-state index contributed by atoms with van der Waals surface area (Å²) in [5.41, 5.74) is 0.645. The third-order valence-electron chi connectivity index (χ3n) is 3.28. The lowest BCUT2D eigenvalue weighted by atomic mass is 10.3. The molecule has 0 spiro atoms. The van der Waals surface area contributed by atoms with Gasteiger partial charge in [-0.05, 0) is 31.6 Å². The van der Waals surface area contributed by atoms with E-state index in [2.05, 4.69) is 41.4 Å². The first-order valence-electron chi connectivity index (χ1n) is 7.13. The van der Waals surface area contributed by atoms with Gasteiger partial charge in [-0.25, -0.2) is 4.79 Å². The fourth-order valence-electron chi connectivity index (χ4n) is 2.09. The lowest BCUT2D eigenvalue weighted by Gasteiger charge is -2.23. The van der Waals surface area contributed by atoms with E-state index in [1.165, 1.54) is 16.9 Å². The van der Waals surface area contributed by atoms with Crippen LogP contribution in [0.25, 0.3) is 0 Å². The van der Waals surface area contributed by atoms with E-state index >= 15 is 0 Å². The normalized spacial score (nSPS) is 11.3. The zero-order valence-corrected chi connectivity index (χ0v) is 14.9. The summed E-state index contributed by atoms with van der Waals surface area (Å²) < 4.78 is 4.77. The summed E-state index contributed by atoms with van der Waals surface area (Å²) in [5.74, 6) is -0.263. The van der Waals surface area contributed by atoms with Crippen LogP contribution in [0.5, 0.6) is 0 Å². The molecule has 0 fully saturated rings. The highest BCUT2D eigenvalue weighted by atomic mass is 32.1. The van der Waals surface area contributed by atoms with Crippen LogP contribution in [0.3, 0.4) is 0 Å². The number of hydrogen-bond acceptors (Lipinski definition) is 6. The minimum Gasteiger partial charge on any atom is -0.465 e. The highest BCUT2D eigenvalue weighted by molar-refractivity contribution is 7.10. The van der Waals surface area contributed by atoms with Crippen molar-refractivity contribution in [2.24, 2.45) is 0 Å². The molecule has 0 atom stereocenters. The van der Waals surface area contributed by atoms with Gasteiger partial charge >= 0.3 is 5.97 Å². The second kappa shape index (κ2) is 8.43. The summed E-state index contributed by atoms with van der Waals surface area (Å²) in [6, 6.07) is 6.19. The molecule has 0 aliphatic rings. The highest BCUT2D eigenvalue weighted by Gasteiger charge is 2.13. The molecule has 22 heavy (non-hydrogen) atoms. The second-order valence-corrected chi connectivity index (χ2v) is 7.41. The lowest BCUT2D eigenvalue weighted by Crippen LogP contribution is -2.30. The Hall–Kier alpha value is -1.21. The molecule has 0 aliphatic carbocycles. The Labute approximate surface area is 139 Å². The Balaban J connectivity index is 2.01. The summed E-state index contributed by atoms with van der Waals surface area (Å²) in [7, 11) is 5.59. The maximum Gasteiger partial charge on any atom is 0.338 e. The van der Waals surface area contributed by atoms with Crippen LogP contribution in [0, 0.1) is 0 Å². The fourth-order valence-corrected chi connectivity index (χ4v) is 3.73. The van der Waals surface area contributed by atoms with E-state index in [-0.39, 0.29) is 5.97 Å². The zero-order valence-electron chi connectivity index (χ0n) is 13.2. The predicted octanol–water partition coefficient (Wildman–Crippen LogP) is 3.16. The average Bonchev–Trinajstić information content (AvgIpc) is 3.15. The second-order valence-electron chi connectivity index (χ2n) is 5.39. The molecule has 2 aromatic heterocycles. The van der Waals surface area contributed by atoms with Crippen LogP contribution in [0.15, 0.2) is 29.0 Å². The van der Waals surface area contributed by atoms with Gasteiger partial charge in [0.05, 0.1) is 12.7 Å². The molecule has 0 radical (unpaired) electrons. The standard InChI is InChI=1S/C16H22N2O2S2/c1-17(2)6-7-18(10-14-5-4-8-21-14)11-15-9-13(12-22-15)16(19)20-3/h4-5,8-9,12H,6-7,10-11H2,1-3H3. The van der Waals surface area contributed by atoms with Crippen LogP contribution in [0.4, 0.5) is 0 Å². The molecule has 0 N–H and O–H groups in total. The van der Waals surface area contributed by atoms with E-state index < -0.39 is 0 Å². The Kier molecular flexibility index (Phi) is 6.57.